The first kappa shape index (κ1) is 18.4. The third kappa shape index (κ3) is 3.43. The first-order valence-corrected chi connectivity index (χ1v) is 9.53. The van der Waals surface area contributed by atoms with Crippen molar-refractivity contribution in [2.75, 3.05) is 20.1 Å². The van der Waals surface area contributed by atoms with Gasteiger partial charge in [0.2, 0.25) is 0 Å². The lowest BCUT2D eigenvalue weighted by Crippen LogP contribution is -2.29. The summed E-state index contributed by atoms with van der Waals surface area (Å²) in [6, 6.07) is 7.23. The van der Waals surface area contributed by atoms with Gasteiger partial charge in [-0.15, -0.1) is 0 Å². The minimum atomic E-state index is -0.206. The van der Waals surface area contributed by atoms with Gasteiger partial charge in [-0.1, -0.05) is 6.07 Å². The number of aryl methyl sites for hydroxylation is 1. The van der Waals surface area contributed by atoms with Gasteiger partial charge in [-0.3, -0.25) is 14.6 Å². The molecule has 1 amide bonds. The van der Waals surface area contributed by atoms with Crippen LogP contribution in [0.15, 0.2) is 35.3 Å². The van der Waals surface area contributed by atoms with Crippen LogP contribution in [0.4, 0.5) is 0 Å². The number of rotatable bonds is 4. The van der Waals surface area contributed by atoms with Crippen LogP contribution in [0.5, 0.6) is 0 Å². The molecule has 8 heteroatoms. The van der Waals surface area contributed by atoms with Gasteiger partial charge in [-0.05, 0) is 45.0 Å². The molecule has 1 aliphatic heterocycles. The van der Waals surface area contributed by atoms with Crippen LogP contribution in [0.3, 0.4) is 0 Å². The second-order valence-electron chi connectivity index (χ2n) is 7.29. The molecule has 3 aromatic rings. The van der Waals surface area contributed by atoms with Crippen LogP contribution in [-0.4, -0.2) is 50.5 Å². The normalized spacial score (nSPS) is 15.1. The summed E-state index contributed by atoms with van der Waals surface area (Å²) in [4.78, 5) is 34.2. The highest BCUT2D eigenvalue weighted by Crippen LogP contribution is 2.26. The second kappa shape index (κ2) is 7.55. The minimum Gasteiger partial charge on any atom is -0.336 e. The van der Waals surface area contributed by atoms with Crippen molar-refractivity contribution in [3.63, 3.8) is 0 Å². The van der Waals surface area contributed by atoms with Gasteiger partial charge in [0.1, 0.15) is 11.2 Å². The summed E-state index contributed by atoms with van der Waals surface area (Å²) in [6.45, 7) is 4.02. The molecule has 3 aromatic heterocycles. The molecule has 28 heavy (non-hydrogen) atoms. The Balaban J connectivity index is 1.73. The number of fused-ring (bicyclic) bond motifs is 1. The van der Waals surface area contributed by atoms with Crippen molar-refractivity contribution in [2.45, 2.75) is 32.2 Å². The summed E-state index contributed by atoms with van der Waals surface area (Å²) in [5, 5.41) is 7.94. The number of pyridine rings is 1. The number of piperidine rings is 1. The maximum Gasteiger partial charge on any atom is 0.259 e. The quantitative estimate of drug-likeness (QED) is 0.715. The predicted octanol–water partition coefficient (Wildman–Crippen LogP) is 1.47. The van der Waals surface area contributed by atoms with Gasteiger partial charge in [0, 0.05) is 25.2 Å². The fourth-order valence-corrected chi connectivity index (χ4v) is 3.84. The Morgan fingerprint density at radius 2 is 2.11 bits per heavy atom. The third-order valence-corrected chi connectivity index (χ3v) is 5.27. The van der Waals surface area contributed by atoms with E-state index in [4.69, 9.17) is 0 Å². The Labute approximate surface area is 162 Å². The molecular formula is C20H24N6O2. The molecular weight excluding hydrogens is 356 g/mol. The predicted molar refractivity (Wildman–Crippen MR) is 105 cm³/mol. The summed E-state index contributed by atoms with van der Waals surface area (Å²) < 4.78 is 1.74. The lowest BCUT2D eigenvalue weighted by molar-refractivity contribution is 0.0784. The molecule has 0 aliphatic carbocycles. The van der Waals surface area contributed by atoms with E-state index in [1.807, 2.05) is 18.2 Å². The Hall–Kier alpha value is -3.00. The van der Waals surface area contributed by atoms with Crippen LogP contribution in [-0.2, 0) is 6.54 Å². The Kier molecular flexibility index (Phi) is 4.95. The Morgan fingerprint density at radius 1 is 1.32 bits per heavy atom. The second-order valence-corrected chi connectivity index (χ2v) is 7.29. The average molecular weight is 380 g/mol. The van der Waals surface area contributed by atoms with Crippen molar-refractivity contribution in [3.05, 3.63) is 63.5 Å². The van der Waals surface area contributed by atoms with Gasteiger partial charge in [-0.2, -0.15) is 5.10 Å². The molecule has 0 bridgehead atoms. The van der Waals surface area contributed by atoms with Gasteiger partial charge in [0.05, 0.1) is 23.6 Å². The first-order chi connectivity index (χ1) is 13.5. The fraction of sp³-hybridized carbons (Fsp3) is 0.400. The van der Waals surface area contributed by atoms with Crippen LogP contribution in [0, 0.1) is 6.92 Å². The number of hydrogen-bond acceptors (Lipinski definition) is 5. The standard InChI is InChI=1S/C20H24N6O2/c1-13-18(20(28)25(2)12-15-5-3-4-8-22-15)19-23-17(27)11-16(26(19)24-13)14-6-9-21-10-7-14/h3-5,8,11,14,21H,6-7,9-10,12H2,1-2H3,(H,23,27). The summed E-state index contributed by atoms with van der Waals surface area (Å²) >= 11 is 0. The summed E-state index contributed by atoms with van der Waals surface area (Å²) in [5.74, 6) is 0.0656. The van der Waals surface area contributed by atoms with Crippen LogP contribution >= 0.6 is 0 Å². The van der Waals surface area contributed by atoms with E-state index in [0.29, 0.717) is 23.4 Å². The SMILES string of the molecule is Cc1nn2c(C3CCNCC3)cc(=O)[nH]c2c1C(=O)N(C)Cc1ccccn1. The molecule has 0 aromatic carbocycles. The zero-order valence-corrected chi connectivity index (χ0v) is 16.1. The van der Waals surface area contributed by atoms with E-state index >= 15 is 0 Å². The van der Waals surface area contributed by atoms with Crippen molar-refractivity contribution in [2.24, 2.45) is 0 Å². The van der Waals surface area contributed by atoms with Gasteiger partial charge < -0.3 is 15.2 Å². The number of aromatic amines is 1. The van der Waals surface area contributed by atoms with E-state index in [2.05, 4.69) is 20.4 Å². The van der Waals surface area contributed by atoms with Crippen molar-refractivity contribution >= 4 is 11.6 Å². The highest BCUT2D eigenvalue weighted by atomic mass is 16.2. The lowest BCUT2D eigenvalue weighted by Gasteiger charge is -2.23. The molecule has 8 nitrogen and oxygen atoms in total. The van der Waals surface area contributed by atoms with Crippen LogP contribution < -0.4 is 10.9 Å². The average Bonchev–Trinajstić information content (AvgIpc) is 3.03. The molecule has 0 atom stereocenters. The van der Waals surface area contributed by atoms with E-state index in [1.165, 1.54) is 0 Å². The van der Waals surface area contributed by atoms with Crippen molar-refractivity contribution in [1.29, 1.82) is 0 Å². The molecule has 4 heterocycles. The zero-order valence-electron chi connectivity index (χ0n) is 16.1. The number of H-pyrrole nitrogens is 1. The van der Waals surface area contributed by atoms with E-state index in [1.54, 1.807) is 35.6 Å². The molecule has 1 saturated heterocycles. The molecule has 0 radical (unpaired) electrons. The zero-order chi connectivity index (χ0) is 19.7. The van der Waals surface area contributed by atoms with Gasteiger partial charge >= 0.3 is 0 Å². The number of hydrogen-bond donors (Lipinski definition) is 2. The molecule has 1 fully saturated rings. The molecule has 2 N–H and O–H groups in total. The van der Waals surface area contributed by atoms with Crippen LogP contribution in [0.25, 0.3) is 5.65 Å². The largest absolute Gasteiger partial charge is 0.336 e. The molecule has 146 valence electrons. The molecule has 0 saturated carbocycles. The fourth-order valence-electron chi connectivity index (χ4n) is 3.84. The molecule has 0 unspecified atom stereocenters. The Bertz CT molecular complexity index is 1050. The highest BCUT2D eigenvalue weighted by molar-refractivity contribution is 6.00. The number of carbonyl (C=O) groups is 1. The molecule has 1 aliphatic rings. The number of carbonyl (C=O) groups excluding carboxylic acids is 1. The smallest absolute Gasteiger partial charge is 0.259 e. The minimum absolute atomic E-state index is 0.184. The van der Waals surface area contributed by atoms with Crippen molar-refractivity contribution < 1.29 is 4.79 Å². The van der Waals surface area contributed by atoms with E-state index < -0.39 is 0 Å². The highest BCUT2D eigenvalue weighted by Gasteiger charge is 2.26. The Morgan fingerprint density at radius 3 is 2.82 bits per heavy atom. The van der Waals surface area contributed by atoms with Crippen molar-refractivity contribution in [3.8, 4) is 0 Å². The lowest BCUT2D eigenvalue weighted by atomic mass is 9.94. The summed E-state index contributed by atoms with van der Waals surface area (Å²) in [7, 11) is 1.73. The molecule has 4 rings (SSSR count). The van der Waals surface area contributed by atoms with E-state index in [0.717, 1.165) is 37.3 Å². The van der Waals surface area contributed by atoms with Crippen molar-refractivity contribution in [1.82, 2.24) is 29.8 Å². The topological polar surface area (TPSA) is 95.4 Å². The molecule has 0 spiro atoms. The summed E-state index contributed by atoms with van der Waals surface area (Å²) in [6.07, 6.45) is 3.59. The third-order valence-electron chi connectivity index (χ3n) is 5.27. The maximum atomic E-state index is 13.2. The maximum absolute atomic E-state index is 13.2. The van der Waals surface area contributed by atoms with Gasteiger partial charge in [0.25, 0.3) is 11.5 Å². The number of amides is 1. The summed E-state index contributed by atoms with van der Waals surface area (Å²) in [5.41, 5.74) is 2.98. The van der Waals surface area contributed by atoms with Crippen LogP contribution in [0.2, 0.25) is 0 Å². The van der Waals surface area contributed by atoms with Crippen LogP contribution in [0.1, 0.15) is 46.2 Å². The number of nitrogens with one attached hydrogen (secondary N) is 2. The van der Waals surface area contributed by atoms with E-state index in [9.17, 15) is 9.59 Å². The van der Waals surface area contributed by atoms with Gasteiger partial charge in [0.15, 0.2) is 0 Å². The van der Waals surface area contributed by atoms with E-state index in [-0.39, 0.29) is 17.4 Å². The first-order valence-electron chi connectivity index (χ1n) is 9.53. The number of nitrogens with zero attached hydrogens (tertiary/aromatic N) is 4. The monoisotopic (exact) mass is 380 g/mol. The number of aromatic nitrogens is 4. The van der Waals surface area contributed by atoms with Gasteiger partial charge in [-0.25, -0.2) is 4.52 Å².